The van der Waals surface area contributed by atoms with E-state index in [0.717, 1.165) is 30.9 Å². The molecule has 0 aromatic carbocycles. The molecule has 104 valence electrons. The van der Waals surface area contributed by atoms with Crippen molar-refractivity contribution in [3.8, 4) is 0 Å². The highest BCUT2D eigenvalue weighted by molar-refractivity contribution is 5.78. The first-order valence-corrected chi connectivity index (χ1v) is 6.82. The van der Waals surface area contributed by atoms with Crippen LogP contribution >= 0.6 is 0 Å². The molecule has 5 heteroatoms. The van der Waals surface area contributed by atoms with Gasteiger partial charge in [-0.1, -0.05) is 20.8 Å². The molecule has 0 bridgehead atoms. The number of nitrogens with zero attached hydrogens (tertiary/aromatic N) is 3. The molecule has 19 heavy (non-hydrogen) atoms. The second-order valence-electron chi connectivity index (χ2n) is 5.55. The third-order valence-corrected chi connectivity index (χ3v) is 3.75. The van der Waals surface area contributed by atoms with Gasteiger partial charge in [0.15, 0.2) is 0 Å². The fourth-order valence-electron chi connectivity index (χ4n) is 2.66. The Hall–Kier alpha value is -1.65. The predicted octanol–water partition coefficient (Wildman–Crippen LogP) is 2.29. The summed E-state index contributed by atoms with van der Waals surface area (Å²) in [5.74, 6) is 0.422. The predicted molar refractivity (Wildman–Crippen MR) is 73.3 cm³/mol. The summed E-state index contributed by atoms with van der Waals surface area (Å²) in [4.78, 5) is 21.9. The number of carbonyl (C=O) groups is 1. The molecular weight excluding hydrogens is 242 g/mol. The van der Waals surface area contributed by atoms with Crippen LogP contribution in [0.4, 0.5) is 5.82 Å². The van der Waals surface area contributed by atoms with Gasteiger partial charge in [-0.05, 0) is 24.7 Å². The van der Waals surface area contributed by atoms with Gasteiger partial charge in [-0.2, -0.15) is 0 Å². The van der Waals surface area contributed by atoms with E-state index in [1.807, 2.05) is 17.9 Å². The Morgan fingerprint density at radius 3 is 2.84 bits per heavy atom. The number of piperidine rings is 1. The van der Waals surface area contributed by atoms with Crippen molar-refractivity contribution in [2.24, 2.45) is 5.92 Å². The standard InChI is InChI=1S/C14H21N3O2/c1-9(2)11-7-12(16-8-15-11)17-6-4-5-10(3)13(17)14(18)19/h7-10,13H,4-6H2,1-3H3,(H,18,19). The smallest absolute Gasteiger partial charge is 0.326 e. The molecule has 0 radical (unpaired) electrons. The van der Waals surface area contributed by atoms with E-state index in [4.69, 9.17) is 0 Å². The van der Waals surface area contributed by atoms with Gasteiger partial charge < -0.3 is 10.0 Å². The van der Waals surface area contributed by atoms with Gasteiger partial charge in [-0.15, -0.1) is 0 Å². The maximum atomic E-state index is 11.5. The summed E-state index contributed by atoms with van der Waals surface area (Å²) in [6.07, 6.45) is 3.49. The maximum absolute atomic E-state index is 11.5. The van der Waals surface area contributed by atoms with Gasteiger partial charge in [0.2, 0.25) is 0 Å². The molecular formula is C14H21N3O2. The highest BCUT2D eigenvalue weighted by atomic mass is 16.4. The van der Waals surface area contributed by atoms with Crippen LogP contribution in [0.25, 0.3) is 0 Å². The average Bonchev–Trinajstić information content (AvgIpc) is 2.38. The van der Waals surface area contributed by atoms with Crippen LogP contribution in [0, 0.1) is 5.92 Å². The minimum Gasteiger partial charge on any atom is -0.480 e. The van der Waals surface area contributed by atoms with Crippen LogP contribution in [0.15, 0.2) is 12.4 Å². The van der Waals surface area contributed by atoms with E-state index in [2.05, 4.69) is 23.8 Å². The summed E-state index contributed by atoms with van der Waals surface area (Å²) >= 11 is 0. The monoisotopic (exact) mass is 263 g/mol. The Morgan fingerprint density at radius 1 is 1.47 bits per heavy atom. The molecule has 2 rings (SSSR count). The van der Waals surface area contributed by atoms with Crippen LogP contribution in [0.5, 0.6) is 0 Å². The first kappa shape index (κ1) is 13.8. The first-order valence-electron chi connectivity index (χ1n) is 6.82. The Balaban J connectivity index is 2.32. The lowest BCUT2D eigenvalue weighted by atomic mass is 9.91. The number of aliphatic carboxylic acids is 1. The highest BCUT2D eigenvalue weighted by Gasteiger charge is 2.35. The van der Waals surface area contributed by atoms with E-state index in [0.29, 0.717) is 5.92 Å². The molecule has 0 aliphatic carbocycles. The molecule has 5 nitrogen and oxygen atoms in total. The SMILES string of the molecule is CC(C)c1cc(N2CCCC(C)C2C(=O)O)ncn1. The Labute approximate surface area is 113 Å². The molecule has 1 fully saturated rings. The number of anilines is 1. The second-order valence-corrected chi connectivity index (χ2v) is 5.55. The molecule has 2 atom stereocenters. The fourth-order valence-corrected chi connectivity index (χ4v) is 2.66. The largest absolute Gasteiger partial charge is 0.480 e. The van der Waals surface area contributed by atoms with Gasteiger partial charge in [0.25, 0.3) is 0 Å². The number of carboxylic acid groups (broad SMARTS) is 1. The molecule has 1 aromatic rings. The quantitative estimate of drug-likeness (QED) is 0.906. The van der Waals surface area contributed by atoms with E-state index in [9.17, 15) is 9.90 Å². The number of carboxylic acids is 1. The minimum atomic E-state index is -0.767. The Morgan fingerprint density at radius 2 is 2.21 bits per heavy atom. The zero-order valence-electron chi connectivity index (χ0n) is 11.7. The van der Waals surface area contributed by atoms with Crippen molar-refractivity contribution in [2.75, 3.05) is 11.4 Å². The van der Waals surface area contributed by atoms with Gasteiger partial charge in [-0.25, -0.2) is 14.8 Å². The normalized spacial score (nSPS) is 23.7. The minimum absolute atomic E-state index is 0.142. The van der Waals surface area contributed by atoms with Crippen LogP contribution in [0.1, 0.15) is 45.2 Å². The van der Waals surface area contributed by atoms with Gasteiger partial charge in [0, 0.05) is 18.3 Å². The third-order valence-electron chi connectivity index (χ3n) is 3.75. The lowest BCUT2D eigenvalue weighted by Gasteiger charge is -2.38. The fraction of sp³-hybridized carbons (Fsp3) is 0.643. The Kier molecular flexibility index (Phi) is 4.02. The molecule has 1 aliphatic rings. The van der Waals surface area contributed by atoms with Crippen molar-refractivity contribution in [3.05, 3.63) is 18.1 Å². The summed E-state index contributed by atoms with van der Waals surface area (Å²) in [5.41, 5.74) is 0.951. The van der Waals surface area contributed by atoms with Crippen molar-refractivity contribution in [2.45, 2.75) is 45.6 Å². The number of hydrogen-bond acceptors (Lipinski definition) is 4. The van der Waals surface area contributed by atoms with E-state index in [-0.39, 0.29) is 5.92 Å². The molecule has 2 unspecified atom stereocenters. The molecule has 0 saturated carbocycles. The van der Waals surface area contributed by atoms with E-state index in [1.165, 1.54) is 6.33 Å². The van der Waals surface area contributed by atoms with Gasteiger partial charge >= 0.3 is 5.97 Å². The van der Waals surface area contributed by atoms with E-state index in [1.54, 1.807) is 0 Å². The van der Waals surface area contributed by atoms with Crippen LogP contribution in [-0.2, 0) is 4.79 Å². The average molecular weight is 263 g/mol. The van der Waals surface area contributed by atoms with Crippen molar-refractivity contribution in [1.29, 1.82) is 0 Å². The van der Waals surface area contributed by atoms with E-state index < -0.39 is 12.0 Å². The molecule has 0 amide bonds. The summed E-state index contributed by atoms with van der Waals surface area (Å²) in [7, 11) is 0. The molecule has 1 aromatic heterocycles. The lowest BCUT2D eigenvalue weighted by Crippen LogP contribution is -2.49. The van der Waals surface area contributed by atoms with Crippen LogP contribution in [0.3, 0.4) is 0 Å². The van der Waals surface area contributed by atoms with Crippen LogP contribution in [-0.4, -0.2) is 33.6 Å². The zero-order valence-corrected chi connectivity index (χ0v) is 11.7. The molecule has 0 spiro atoms. The van der Waals surface area contributed by atoms with Crippen molar-refractivity contribution < 1.29 is 9.90 Å². The summed E-state index contributed by atoms with van der Waals surface area (Å²) < 4.78 is 0. The van der Waals surface area contributed by atoms with Gasteiger partial charge in [0.05, 0.1) is 0 Å². The van der Waals surface area contributed by atoms with Crippen molar-refractivity contribution >= 4 is 11.8 Å². The highest BCUT2D eigenvalue weighted by Crippen LogP contribution is 2.28. The third kappa shape index (κ3) is 2.85. The molecule has 1 saturated heterocycles. The number of hydrogen-bond donors (Lipinski definition) is 1. The lowest BCUT2D eigenvalue weighted by molar-refractivity contribution is -0.140. The van der Waals surface area contributed by atoms with Crippen molar-refractivity contribution in [3.63, 3.8) is 0 Å². The molecule has 1 aliphatic heterocycles. The van der Waals surface area contributed by atoms with Crippen LogP contribution < -0.4 is 4.90 Å². The van der Waals surface area contributed by atoms with E-state index >= 15 is 0 Å². The zero-order chi connectivity index (χ0) is 14.0. The Bertz CT molecular complexity index is 462. The second kappa shape index (κ2) is 5.55. The summed E-state index contributed by atoms with van der Waals surface area (Å²) in [6.45, 7) is 6.88. The molecule has 1 N–H and O–H groups in total. The summed E-state index contributed by atoms with van der Waals surface area (Å²) in [6, 6.07) is 1.43. The van der Waals surface area contributed by atoms with Crippen LogP contribution in [0.2, 0.25) is 0 Å². The van der Waals surface area contributed by atoms with Crippen molar-refractivity contribution in [1.82, 2.24) is 9.97 Å². The summed E-state index contributed by atoms with van der Waals surface area (Å²) in [5, 5.41) is 9.43. The number of rotatable bonds is 3. The first-order chi connectivity index (χ1) is 9.00. The molecule has 2 heterocycles. The number of aromatic nitrogens is 2. The van der Waals surface area contributed by atoms with Gasteiger partial charge in [-0.3, -0.25) is 0 Å². The topological polar surface area (TPSA) is 66.3 Å². The maximum Gasteiger partial charge on any atom is 0.326 e. The van der Waals surface area contributed by atoms with Gasteiger partial charge in [0.1, 0.15) is 18.2 Å².